The van der Waals surface area contributed by atoms with Gasteiger partial charge in [-0.15, -0.1) is 0 Å². The molecule has 2 aromatic carbocycles. The molecular weight excluding hydrogens is 924 g/mol. The van der Waals surface area contributed by atoms with Crippen LogP contribution >= 0.6 is 0 Å². The summed E-state index contributed by atoms with van der Waals surface area (Å²) in [6.45, 7) is 39.8. The summed E-state index contributed by atoms with van der Waals surface area (Å²) >= 11 is -3.25. The molecule has 0 aliphatic heterocycles. The molecule has 1 aliphatic rings. The molecule has 1 aliphatic carbocycles. The zero-order valence-electron chi connectivity index (χ0n) is 30.8. The van der Waals surface area contributed by atoms with Crippen LogP contribution in [0.3, 0.4) is 0 Å². The Morgan fingerprint density at radius 1 is 0.333 bits per heavy atom. The van der Waals surface area contributed by atoms with E-state index in [0.717, 1.165) is 0 Å². The van der Waals surface area contributed by atoms with Crippen LogP contribution in [0, 0.1) is 174 Å². The molecule has 0 amide bonds. The third kappa shape index (κ3) is 16.5. The second-order valence-corrected chi connectivity index (χ2v) is 39.0. The Hall–Kier alpha value is 2.40. The number of benzene rings is 2. The van der Waals surface area contributed by atoms with E-state index in [2.05, 4.69) is 180 Å². The third-order valence-corrected chi connectivity index (χ3v) is 10.1. The molecule has 0 heterocycles. The van der Waals surface area contributed by atoms with E-state index >= 15 is 0 Å². The first kappa shape index (κ1) is 51.8. The fraction of sp³-hybridized carbons (Fsp3) is 0.500. The fourth-order valence-electron chi connectivity index (χ4n) is 5.06. The maximum atomic E-state index is 4.47. The molecule has 0 spiro atoms. The zero-order chi connectivity index (χ0) is 35.6. The second-order valence-electron chi connectivity index (χ2n) is 11.8. The van der Waals surface area contributed by atoms with Crippen LogP contribution in [0.4, 0.5) is 0 Å². The van der Waals surface area contributed by atoms with Crippen LogP contribution in [0.1, 0.15) is 108 Å². The first-order valence-electron chi connectivity index (χ1n) is 14.6. The molecule has 1 fully saturated rings. The van der Waals surface area contributed by atoms with E-state index < -0.39 is 30.4 Å². The summed E-state index contributed by atoms with van der Waals surface area (Å²) in [5.41, 5.74) is 17.5. The van der Waals surface area contributed by atoms with Crippen LogP contribution in [0.2, 0.25) is 0 Å². The Morgan fingerprint density at radius 3 is 0.422 bits per heavy atom. The van der Waals surface area contributed by atoms with Crippen molar-refractivity contribution in [3.63, 3.8) is 0 Å². The van der Waals surface area contributed by atoms with Gasteiger partial charge in [0, 0.05) is 22.4 Å². The Labute approximate surface area is 330 Å². The third-order valence-electron chi connectivity index (χ3n) is 10.1. The fourth-order valence-corrected chi connectivity index (χ4v) is 5.06. The van der Waals surface area contributed by atoms with E-state index in [4.69, 9.17) is 0 Å². The van der Waals surface area contributed by atoms with Gasteiger partial charge in [-0.05, 0) is 150 Å². The molecule has 261 valence electrons. The minimum absolute atomic E-state index is 0. The van der Waals surface area contributed by atoms with Gasteiger partial charge in [0.25, 0.3) is 0 Å². The van der Waals surface area contributed by atoms with Crippen molar-refractivity contribution in [1.82, 2.24) is 0 Å². The maximum Gasteiger partial charge on any atom is 0 e. The van der Waals surface area contributed by atoms with Crippen molar-refractivity contribution in [1.29, 1.82) is 0 Å². The SMILES string of the molecule is C[C-]1[C-](C)[C-](C)[C-](C)[C-](C)[C-]1C.Cc1c(C)c(C)c(C)c(C)c1C.Cc1c(C)c(C)c(C)c(C)c1C.[ClH+][Nb]([ClH+])([ClH+])[ClH+].[ClH+][Nb][ClH+].[Nb]. The van der Waals surface area contributed by atoms with Crippen LogP contribution in [0.25, 0.3) is 0 Å². The summed E-state index contributed by atoms with van der Waals surface area (Å²) in [7, 11) is 26.6. The van der Waals surface area contributed by atoms with Gasteiger partial charge in [0.1, 0.15) is 0 Å². The molecule has 0 bridgehead atoms. The summed E-state index contributed by atoms with van der Waals surface area (Å²) < 4.78 is 0. The van der Waals surface area contributed by atoms with E-state index in [1.165, 1.54) is 102 Å². The Kier molecular flexibility index (Phi) is 27.4. The van der Waals surface area contributed by atoms with Gasteiger partial charge in [0.2, 0.25) is 0 Å². The van der Waals surface area contributed by atoms with Crippen molar-refractivity contribution < 1.29 is 108 Å². The van der Waals surface area contributed by atoms with Crippen molar-refractivity contribution in [2.45, 2.75) is 125 Å². The van der Waals surface area contributed by atoms with Gasteiger partial charge in [-0.2, -0.15) is 0 Å². The van der Waals surface area contributed by atoms with Crippen LogP contribution in [0.5, 0.6) is 0 Å². The minimum Gasteiger partial charge on any atom is 0 e. The van der Waals surface area contributed by atoms with Crippen molar-refractivity contribution in [2.75, 3.05) is 0 Å². The number of hydrogen-bond donors (Lipinski definition) is 0. The first-order valence-corrected chi connectivity index (χ1v) is 32.9. The zero-order valence-corrected chi connectivity index (χ0v) is 42.3. The Bertz CT molecular complexity index is 851. The van der Waals surface area contributed by atoms with Gasteiger partial charge in [-0.25, -0.2) is 41.5 Å². The van der Waals surface area contributed by atoms with Crippen molar-refractivity contribution in [2.24, 2.45) is 0 Å². The van der Waals surface area contributed by atoms with Gasteiger partial charge in [-0.1, -0.05) is 0 Å². The molecule has 9 heteroatoms. The molecule has 3 rings (SSSR count). The Balaban J connectivity index is -0.000000520. The van der Waals surface area contributed by atoms with Crippen molar-refractivity contribution in [3.05, 3.63) is 102 Å². The van der Waals surface area contributed by atoms with Crippen molar-refractivity contribution in [3.8, 4) is 0 Å². The predicted molar refractivity (Wildman–Crippen MR) is 172 cm³/mol. The van der Waals surface area contributed by atoms with Gasteiger partial charge < -0.3 is 35.5 Å². The van der Waals surface area contributed by atoms with E-state index in [-0.39, 0.29) is 22.4 Å². The second kappa shape index (κ2) is 23.8. The maximum absolute atomic E-state index is 4.47. The predicted octanol–water partition coefficient (Wildman–Crippen LogP) is 9.03. The molecule has 0 unspecified atom stereocenters. The first-order chi connectivity index (χ1) is 19.8. The molecule has 1 saturated carbocycles. The van der Waals surface area contributed by atoms with Crippen LogP contribution in [-0.4, -0.2) is 0 Å². The quantitative estimate of drug-likeness (QED) is 0.183. The number of rotatable bonds is 0. The van der Waals surface area contributed by atoms with Crippen LogP contribution in [0.15, 0.2) is 0 Å². The number of halogens is 6. The van der Waals surface area contributed by atoms with Gasteiger partial charge in [-0.3, -0.25) is 0 Å². The van der Waals surface area contributed by atoms with E-state index in [1.807, 2.05) is 0 Å². The molecule has 0 saturated heterocycles. The standard InChI is InChI=1S/3C12H18.6ClH.3Nb/c3*1-7-8(2)10(4)12(6)11(5)9(7)3;;;;;;;;;/h3*1-6H3;6*1H;;;/q;;-6;;;;;;;;+2;+4. The molecule has 0 aromatic heterocycles. The molecule has 0 nitrogen and oxygen atoms in total. The normalized spacial score (nSPS) is 14.8. The average molecular weight is 984 g/mol. The van der Waals surface area contributed by atoms with Gasteiger partial charge in [0.15, 0.2) is 0 Å². The smallest absolute Gasteiger partial charge is 0 e. The summed E-state index contributed by atoms with van der Waals surface area (Å²) in [5, 5.41) is 0. The molecule has 2 aromatic rings. The molecule has 0 N–H and O–H groups in total. The molecule has 45 heavy (non-hydrogen) atoms. The van der Waals surface area contributed by atoms with Gasteiger partial charge >= 0.3 is 85.5 Å². The minimum atomic E-state index is -2.77. The summed E-state index contributed by atoms with van der Waals surface area (Å²) in [5.74, 6) is 8.73. The topological polar surface area (TPSA) is 0 Å². The van der Waals surface area contributed by atoms with Gasteiger partial charge in [0.05, 0.1) is 0 Å². The largest absolute Gasteiger partial charge is 0 e. The van der Waals surface area contributed by atoms with E-state index in [1.54, 1.807) is 0 Å². The van der Waals surface area contributed by atoms with E-state index in [0.29, 0.717) is 0 Å². The monoisotopic (exact) mass is 981 g/mol. The van der Waals surface area contributed by atoms with Crippen LogP contribution in [-0.2, 0) is 52.8 Å². The summed E-state index contributed by atoms with van der Waals surface area (Å²) in [6.07, 6.45) is 0. The van der Waals surface area contributed by atoms with E-state index in [9.17, 15) is 0 Å². The number of hydrogen-bond acceptors (Lipinski definition) is 0. The molecule has 0 atom stereocenters. The van der Waals surface area contributed by atoms with Crippen molar-refractivity contribution >= 4 is 0 Å². The average Bonchev–Trinajstić information content (AvgIpc) is 2.96. The van der Waals surface area contributed by atoms with Crippen LogP contribution < -0.4 is 0 Å². The molecule has 1 radical (unpaired) electrons. The summed E-state index contributed by atoms with van der Waals surface area (Å²) in [4.78, 5) is 0. The Morgan fingerprint density at radius 2 is 0.378 bits per heavy atom. The summed E-state index contributed by atoms with van der Waals surface area (Å²) in [6, 6.07) is 0. The molecular formula is C36H60Cl6Nb3.